The molecule has 0 saturated heterocycles. The molecule has 2 fully saturated rings. The molecule has 1 aromatic carbocycles. The van der Waals surface area contributed by atoms with Crippen LogP contribution in [0.4, 0.5) is 19.7 Å². The molecule has 7 heteroatoms. The molecular formula is C20H17F2N3OS. The van der Waals surface area contributed by atoms with E-state index in [0.717, 1.165) is 17.3 Å². The summed E-state index contributed by atoms with van der Waals surface area (Å²) in [5.74, 6) is 0.199. The van der Waals surface area contributed by atoms with Crippen LogP contribution in [-0.2, 0) is 0 Å². The average Bonchev–Trinajstić information content (AvgIpc) is 3.57. The Balaban J connectivity index is 1.37. The number of nitrogens with zero attached hydrogens (tertiary/aromatic N) is 2. The van der Waals surface area contributed by atoms with Crippen LogP contribution in [0.25, 0.3) is 0 Å². The number of nitrogens with one attached hydrogen (secondary N) is 1. The number of hydrogen-bond donors (Lipinski definition) is 1. The first-order chi connectivity index (χ1) is 13.2. The summed E-state index contributed by atoms with van der Waals surface area (Å²) in [5.41, 5.74) is 1.24. The molecule has 2 aromatic heterocycles. The number of pyridine rings is 1. The predicted octanol–water partition coefficient (Wildman–Crippen LogP) is 6.11. The third-order valence-electron chi connectivity index (χ3n) is 4.70. The van der Waals surface area contributed by atoms with Crippen molar-refractivity contribution in [2.24, 2.45) is 0 Å². The van der Waals surface area contributed by atoms with Gasteiger partial charge in [-0.05, 0) is 49.8 Å². The van der Waals surface area contributed by atoms with Crippen LogP contribution in [0.3, 0.4) is 0 Å². The Kier molecular flexibility index (Phi) is 4.04. The number of thiazole rings is 1. The van der Waals surface area contributed by atoms with Gasteiger partial charge in [-0.1, -0.05) is 6.07 Å². The van der Waals surface area contributed by atoms with Crippen LogP contribution in [0.1, 0.15) is 48.1 Å². The van der Waals surface area contributed by atoms with Crippen molar-refractivity contribution >= 4 is 22.3 Å². The second kappa shape index (κ2) is 6.56. The summed E-state index contributed by atoms with van der Waals surface area (Å²) in [6.45, 7) is 0. The standard InChI is InChI=1S/C20H17F2N3OS/c21-14-2-1-3-15(22)18(14)26-13-8-9-23-16(10-13)24-20-25-17(11-4-5-11)19(27-20)12-6-7-12/h1-3,8-12H,4-7H2,(H,23,24,25). The zero-order valence-electron chi connectivity index (χ0n) is 14.4. The summed E-state index contributed by atoms with van der Waals surface area (Å²) in [7, 11) is 0. The van der Waals surface area contributed by atoms with E-state index in [-0.39, 0.29) is 0 Å². The Morgan fingerprint density at radius 1 is 1.04 bits per heavy atom. The van der Waals surface area contributed by atoms with Gasteiger partial charge in [0, 0.05) is 23.1 Å². The smallest absolute Gasteiger partial charge is 0.198 e. The Morgan fingerprint density at radius 2 is 1.78 bits per heavy atom. The molecule has 0 bridgehead atoms. The molecule has 2 saturated carbocycles. The van der Waals surface area contributed by atoms with E-state index in [1.165, 1.54) is 48.5 Å². The Labute approximate surface area is 159 Å². The third kappa shape index (κ3) is 3.51. The number of benzene rings is 1. The summed E-state index contributed by atoms with van der Waals surface area (Å²) < 4.78 is 33.0. The van der Waals surface area contributed by atoms with E-state index < -0.39 is 17.4 Å². The number of ether oxygens (including phenoxy) is 1. The van der Waals surface area contributed by atoms with Crippen molar-refractivity contribution in [3.63, 3.8) is 0 Å². The molecule has 27 heavy (non-hydrogen) atoms. The molecule has 5 rings (SSSR count). The summed E-state index contributed by atoms with van der Waals surface area (Å²) in [4.78, 5) is 10.4. The fourth-order valence-corrected chi connectivity index (χ4v) is 4.26. The van der Waals surface area contributed by atoms with E-state index in [0.29, 0.717) is 23.4 Å². The number of para-hydroxylation sites is 1. The lowest BCUT2D eigenvalue weighted by molar-refractivity contribution is 0.407. The highest BCUT2D eigenvalue weighted by atomic mass is 32.1. The van der Waals surface area contributed by atoms with Crippen LogP contribution in [0.2, 0.25) is 0 Å². The summed E-state index contributed by atoms with van der Waals surface area (Å²) >= 11 is 1.68. The second-order valence-corrected chi connectivity index (χ2v) is 8.00. The van der Waals surface area contributed by atoms with Crippen molar-refractivity contribution in [2.75, 3.05) is 5.32 Å². The Bertz CT molecular complexity index is 949. The van der Waals surface area contributed by atoms with Gasteiger partial charge in [-0.15, -0.1) is 11.3 Å². The number of hydrogen-bond acceptors (Lipinski definition) is 5. The quantitative estimate of drug-likeness (QED) is 0.556. The minimum Gasteiger partial charge on any atom is -0.451 e. The second-order valence-electron chi connectivity index (χ2n) is 6.97. The first kappa shape index (κ1) is 16.6. The first-order valence-electron chi connectivity index (χ1n) is 9.03. The lowest BCUT2D eigenvalue weighted by Gasteiger charge is -2.09. The predicted molar refractivity (Wildman–Crippen MR) is 100 cm³/mol. The van der Waals surface area contributed by atoms with Crippen LogP contribution in [0, 0.1) is 11.6 Å². The Morgan fingerprint density at radius 3 is 2.48 bits per heavy atom. The fraction of sp³-hybridized carbons (Fsp3) is 0.300. The molecule has 0 amide bonds. The normalized spacial score (nSPS) is 16.4. The molecule has 3 aromatic rings. The largest absolute Gasteiger partial charge is 0.451 e. The molecule has 2 heterocycles. The average molecular weight is 385 g/mol. The van der Waals surface area contributed by atoms with Gasteiger partial charge in [-0.2, -0.15) is 0 Å². The van der Waals surface area contributed by atoms with Crippen molar-refractivity contribution < 1.29 is 13.5 Å². The molecular weight excluding hydrogens is 368 g/mol. The number of halogens is 2. The maximum atomic E-state index is 13.8. The van der Waals surface area contributed by atoms with Crippen LogP contribution in [0.5, 0.6) is 11.5 Å². The van der Waals surface area contributed by atoms with Crippen molar-refractivity contribution in [2.45, 2.75) is 37.5 Å². The van der Waals surface area contributed by atoms with E-state index in [9.17, 15) is 8.78 Å². The summed E-state index contributed by atoms with van der Waals surface area (Å²) in [6.07, 6.45) is 6.47. The molecule has 0 aliphatic heterocycles. The highest BCUT2D eigenvalue weighted by Gasteiger charge is 2.36. The molecule has 0 spiro atoms. The van der Waals surface area contributed by atoms with Gasteiger partial charge in [0.2, 0.25) is 0 Å². The minimum absolute atomic E-state index is 0.304. The van der Waals surface area contributed by atoms with Crippen molar-refractivity contribution in [1.29, 1.82) is 0 Å². The van der Waals surface area contributed by atoms with Crippen LogP contribution in [-0.4, -0.2) is 9.97 Å². The SMILES string of the molecule is Fc1cccc(F)c1Oc1ccnc(Nc2nc(C3CC3)c(C3CC3)s2)c1. The third-order valence-corrected chi connectivity index (χ3v) is 5.85. The van der Waals surface area contributed by atoms with Crippen LogP contribution in [0.15, 0.2) is 36.5 Å². The van der Waals surface area contributed by atoms with E-state index in [1.807, 2.05) is 0 Å². The lowest BCUT2D eigenvalue weighted by Crippen LogP contribution is -1.96. The Hall–Kier alpha value is -2.54. The highest BCUT2D eigenvalue weighted by molar-refractivity contribution is 7.15. The van der Waals surface area contributed by atoms with Crippen molar-refractivity contribution in [3.8, 4) is 11.5 Å². The van der Waals surface area contributed by atoms with E-state index >= 15 is 0 Å². The molecule has 0 radical (unpaired) electrons. The molecule has 0 unspecified atom stereocenters. The molecule has 4 nitrogen and oxygen atoms in total. The fourth-order valence-electron chi connectivity index (χ4n) is 3.03. The maximum Gasteiger partial charge on any atom is 0.198 e. The minimum atomic E-state index is -0.746. The van der Waals surface area contributed by atoms with Gasteiger partial charge in [-0.3, -0.25) is 0 Å². The molecule has 0 atom stereocenters. The molecule has 138 valence electrons. The molecule has 2 aliphatic carbocycles. The van der Waals surface area contributed by atoms with E-state index in [4.69, 9.17) is 9.72 Å². The van der Waals surface area contributed by atoms with Crippen LogP contribution >= 0.6 is 11.3 Å². The zero-order chi connectivity index (χ0) is 18.4. The zero-order valence-corrected chi connectivity index (χ0v) is 15.2. The number of rotatable bonds is 6. The number of anilines is 2. The van der Waals surface area contributed by atoms with Crippen molar-refractivity contribution in [1.82, 2.24) is 9.97 Å². The maximum absolute atomic E-state index is 13.8. The first-order valence-corrected chi connectivity index (χ1v) is 9.84. The van der Waals surface area contributed by atoms with E-state index in [2.05, 4.69) is 10.3 Å². The van der Waals surface area contributed by atoms with Gasteiger partial charge in [-0.25, -0.2) is 18.7 Å². The summed E-state index contributed by atoms with van der Waals surface area (Å²) in [5, 5.41) is 4.02. The molecule has 1 N–H and O–H groups in total. The van der Waals surface area contributed by atoms with Gasteiger partial charge in [0.05, 0.1) is 5.69 Å². The lowest BCUT2D eigenvalue weighted by atomic mass is 10.2. The van der Waals surface area contributed by atoms with Gasteiger partial charge < -0.3 is 10.1 Å². The van der Waals surface area contributed by atoms with E-state index in [1.54, 1.807) is 23.5 Å². The number of aromatic nitrogens is 2. The molecule has 2 aliphatic rings. The van der Waals surface area contributed by atoms with Gasteiger partial charge in [0.15, 0.2) is 22.5 Å². The van der Waals surface area contributed by atoms with Crippen LogP contribution < -0.4 is 10.1 Å². The highest BCUT2D eigenvalue weighted by Crippen LogP contribution is 2.52. The van der Waals surface area contributed by atoms with Gasteiger partial charge in [0.25, 0.3) is 0 Å². The van der Waals surface area contributed by atoms with Gasteiger partial charge in [0.1, 0.15) is 11.6 Å². The van der Waals surface area contributed by atoms with Gasteiger partial charge >= 0.3 is 0 Å². The monoisotopic (exact) mass is 385 g/mol. The summed E-state index contributed by atoms with van der Waals surface area (Å²) in [6, 6.07) is 6.79. The van der Waals surface area contributed by atoms with Crippen molar-refractivity contribution in [3.05, 3.63) is 58.7 Å². The topological polar surface area (TPSA) is 47.0 Å².